The van der Waals surface area contributed by atoms with Crippen molar-refractivity contribution >= 4 is 5.97 Å². The Labute approximate surface area is 66.3 Å². The number of likely N-dealkylation sites (tertiary alicyclic amines) is 1. The number of rotatable bonds is 0. The molecule has 0 aromatic carbocycles. The van der Waals surface area contributed by atoms with Gasteiger partial charge in [-0.15, -0.1) is 0 Å². The average Bonchev–Trinajstić information content (AvgIpc) is 2.27. The molecule has 0 aromatic rings. The molecule has 3 heteroatoms. The summed E-state index contributed by atoms with van der Waals surface area (Å²) in [5.41, 5.74) is 0. The summed E-state index contributed by atoms with van der Waals surface area (Å²) >= 11 is 0. The number of ether oxygens (including phenoxy) is 1. The van der Waals surface area contributed by atoms with Crippen molar-refractivity contribution in [2.24, 2.45) is 5.92 Å². The Morgan fingerprint density at radius 3 is 3.27 bits per heavy atom. The molecule has 0 spiro atoms. The summed E-state index contributed by atoms with van der Waals surface area (Å²) in [4.78, 5) is 13.1. The molecule has 0 saturated carbocycles. The van der Waals surface area contributed by atoms with Crippen LogP contribution in [0.2, 0.25) is 0 Å². The molecule has 2 saturated heterocycles. The van der Waals surface area contributed by atoms with Crippen LogP contribution < -0.4 is 0 Å². The summed E-state index contributed by atoms with van der Waals surface area (Å²) in [6.45, 7) is 2.04. The van der Waals surface area contributed by atoms with E-state index in [1.54, 1.807) is 0 Å². The number of nitrogens with zero attached hydrogens (tertiary/aromatic N) is 1. The van der Waals surface area contributed by atoms with E-state index >= 15 is 0 Å². The molecule has 0 radical (unpaired) electrons. The van der Waals surface area contributed by atoms with E-state index in [0.29, 0.717) is 12.3 Å². The molecule has 62 valence electrons. The van der Waals surface area contributed by atoms with Gasteiger partial charge in [0, 0.05) is 12.5 Å². The first kappa shape index (κ1) is 7.10. The van der Waals surface area contributed by atoms with Crippen molar-refractivity contribution in [2.75, 3.05) is 20.1 Å². The monoisotopic (exact) mass is 155 g/mol. The van der Waals surface area contributed by atoms with Crippen LogP contribution in [0.3, 0.4) is 0 Å². The summed E-state index contributed by atoms with van der Waals surface area (Å²) in [5, 5.41) is 0. The van der Waals surface area contributed by atoms with E-state index in [1.165, 1.54) is 0 Å². The van der Waals surface area contributed by atoms with Crippen molar-refractivity contribution in [3.05, 3.63) is 0 Å². The molecular weight excluding hydrogens is 142 g/mol. The summed E-state index contributed by atoms with van der Waals surface area (Å²) in [7, 11) is 2.07. The Bertz CT molecular complexity index is 181. The topological polar surface area (TPSA) is 29.5 Å². The van der Waals surface area contributed by atoms with Gasteiger partial charge in [0.25, 0.3) is 0 Å². The van der Waals surface area contributed by atoms with Crippen LogP contribution in [0, 0.1) is 5.92 Å². The number of fused-ring (bicyclic) bond motifs is 1. The lowest BCUT2D eigenvalue weighted by molar-refractivity contribution is -0.142. The second-order valence-corrected chi connectivity index (χ2v) is 3.54. The number of carbonyl (C=O) groups excluding carboxylic acids is 1. The lowest BCUT2D eigenvalue weighted by Crippen LogP contribution is -2.39. The number of likely N-dealkylation sites (N-methyl/N-ethyl adjacent to an activating group) is 1. The van der Waals surface area contributed by atoms with Crippen LogP contribution in [0.15, 0.2) is 0 Å². The zero-order valence-electron chi connectivity index (χ0n) is 6.75. The molecule has 2 atom stereocenters. The molecule has 2 aliphatic rings. The van der Waals surface area contributed by atoms with Crippen molar-refractivity contribution in [1.29, 1.82) is 0 Å². The predicted molar refractivity (Wildman–Crippen MR) is 40.1 cm³/mol. The Morgan fingerprint density at radius 1 is 1.64 bits per heavy atom. The summed E-state index contributed by atoms with van der Waals surface area (Å²) in [6.07, 6.45) is 1.96. The lowest BCUT2D eigenvalue weighted by Gasteiger charge is -2.30. The highest BCUT2D eigenvalue weighted by Gasteiger charge is 2.37. The third-order valence-electron chi connectivity index (χ3n) is 2.61. The maximum absolute atomic E-state index is 10.9. The molecule has 0 aliphatic carbocycles. The average molecular weight is 155 g/mol. The molecule has 0 unspecified atom stereocenters. The highest BCUT2D eigenvalue weighted by molar-refractivity contribution is 5.72. The normalized spacial score (nSPS) is 38.5. The maximum atomic E-state index is 10.9. The quantitative estimate of drug-likeness (QED) is 0.470. The SMILES string of the molecule is CN1CC[C@@H]2CC(=O)O[C@@H]2C1. The highest BCUT2D eigenvalue weighted by Crippen LogP contribution is 2.28. The zero-order valence-corrected chi connectivity index (χ0v) is 6.75. The maximum Gasteiger partial charge on any atom is 0.306 e. The minimum atomic E-state index is -0.00435. The minimum Gasteiger partial charge on any atom is -0.461 e. The molecule has 2 rings (SSSR count). The minimum absolute atomic E-state index is 0.00435. The Morgan fingerprint density at radius 2 is 2.45 bits per heavy atom. The molecule has 0 N–H and O–H groups in total. The second-order valence-electron chi connectivity index (χ2n) is 3.54. The van der Waals surface area contributed by atoms with Gasteiger partial charge in [-0.05, 0) is 20.0 Å². The predicted octanol–water partition coefficient (Wildman–Crippen LogP) is 0.254. The van der Waals surface area contributed by atoms with Crippen molar-refractivity contribution in [1.82, 2.24) is 4.90 Å². The summed E-state index contributed by atoms with van der Waals surface area (Å²) in [6, 6.07) is 0. The zero-order chi connectivity index (χ0) is 7.84. The third-order valence-corrected chi connectivity index (χ3v) is 2.61. The van der Waals surface area contributed by atoms with Crippen molar-refractivity contribution in [2.45, 2.75) is 18.9 Å². The van der Waals surface area contributed by atoms with Crippen LogP contribution in [0.5, 0.6) is 0 Å². The molecule has 0 amide bonds. The van der Waals surface area contributed by atoms with E-state index in [-0.39, 0.29) is 12.1 Å². The van der Waals surface area contributed by atoms with Crippen molar-refractivity contribution in [3.8, 4) is 0 Å². The van der Waals surface area contributed by atoms with E-state index in [2.05, 4.69) is 11.9 Å². The molecule has 2 heterocycles. The van der Waals surface area contributed by atoms with E-state index in [9.17, 15) is 4.79 Å². The van der Waals surface area contributed by atoms with Gasteiger partial charge in [-0.1, -0.05) is 0 Å². The van der Waals surface area contributed by atoms with Gasteiger partial charge in [-0.2, -0.15) is 0 Å². The molecule has 3 nitrogen and oxygen atoms in total. The fraction of sp³-hybridized carbons (Fsp3) is 0.875. The third kappa shape index (κ3) is 1.25. The van der Waals surface area contributed by atoms with E-state index in [1.807, 2.05) is 0 Å². The molecule has 11 heavy (non-hydrogen) atoms. The molecule has 2 fully saturated rings. The van der Waals surface area contributed by atoms with Gasteiger partial charge < -0.3 is 9.64 Å². The smallest absolute Gasteiger partial charge is 0.306 e. The van der Waals surface area contributed by atoms with Crippen LogP contribution in [-0.2, 0) is 9.53 Å². The first-order chi connectivity index (χ1) is 5.25. The standard InChI is InChI=1S/C8H13NO2/c1-9-3-2-6-4-8(10)11-7(6)5-9/h6-7H,2-5H2,1H3/t6-,7-/m1/s1. The van der Waals surface area contributed by atoms with Gasteiger partial charge in [0.1, 0.15) is 6.10 Å². The molecule has 0 bridgehead atoms. The Balaban J connectivity index is 2.02. The lowest BCUT2D eigenvalue weighted by atomic mass is 9.94. The molecule has 2 aliphatic heterocycles. The number of carbonyl (C=O) groups is 1. The van der Waals surface area contributed by atoms with Gasteiger partial charge in [0.15, 0.2) is 0 Å². The van der Waals surface area contributed by atoms with Crippen LogP contribution in [0.4, 0.5) is 0 Å². The molecular formula is C8H13NO2. The van der Waals surface area contributed by atoms with E-state index in [4.69, 9.17) is 4.74 Å². The fourth-order valence-corrected chi connectivity index (χ4v) is 1.92. The van der Waals surface area contributed by atoms with Crippen LogP contribution in [0.25, 0.3) is 0 Å². The summed E-state index contributed by atoms with van der Waals surface area (Å²) < 4.78 is 5.16. The van der Waals surface area contributed by atoms with Crippen LogP contribution in [-0.4, -0.2) is 37.1 Å². The van der Waals surface area contributed by atoms with Gasteiger partial charge in [0.05, 0.1) is 6.42 Å². The second kappa shape index (κ2) is 2.48. The van der Waals surface area contributed by atoms with Gasteiger partial charge >= 0.3 is 5.97 Å². The van der Waals surface area contributed by atoms with Gasteiger partial charge in [-0.3, -0.25) is 4.79 Å². The largest absolute Gasteiger partial charge is 0.461 e. The van der Waals surface area contributed by atoms with Crippen molar-refractivity contribution in [3.63, 3.8) is 0 Å². The van der Waals surface area contributed by atoms with Gasteiger partial charge in [-0.25, -0.2) is 0 Å². The van der Waals surface area contributed by atoms with Gasteiger partial charge in [0.2, 0.25) is 0 Å². The van der Waals surface area contributed by atoms with Crippen LogP contribution >= 0.6 is 0 Å². The van der Waals surface area contributed by atoms with Crippen molar-refractivity contribution < 1.29 is 9.53 Å². The molecule has 0 aromatic heterocycles. The fourth-order valence-electron chi connectivity index (χ4n) is 1.92. The number of hydrogen-bond acceptors (Lipinski definition) is 3. The highest BCUT2D eigenvalue weighted by atomic mass is 16.6. The van der Waals surface area contributed by atoms with Crippen LogP contribution in [0.1, 0.15) is 12.8 Å². The first-order valence-corrected chi connectivity index (χ1v) is 4.14. The first-order valence-electron chi connectivity index (χ1n) is 4.14. The van der Waals surface area contributed by atoms with E-state index < -0.39 is 0 Å². The summed E-state index contributed by atoms with van der Waals surface area (Å²) in [5.74, 6) is 0.508. The Hall–Kier alpha value is -0.570. The number of hydrogen-bond donors (Lipinski definition) is 0. The number of esters is 1. The van der Waals surface area contributed by atoms with E-state index in [0.717, 1.165) is 19.5 Å². The Kier molecular flexibility index (Phi) is 1.60. The number of piperidine rings is 1.